The van der Waals surface area contributed by atoms with Gasteiger partial charge < -0.3 is 25.3 Å². The molecule has 7 rings (SSSR count). The van der Waals surface area contributed by atoms with Gasteiger partial charge >= 0.3 is 5.97 Å². The number of anilines is 1. The summed E-state index contributed by atoms with van der Waals surface area (Å²) < 4.78 is 5.86. The van der Waals surface area contributed by atoms with Gasteiger partial charge in [0.05, 0.1) is 6.10 Å². The van der Waals surface area contributed by atoms with Crippen molar-refractivity contribution in [2.45, 2.75) is 42.3 Å². The molecule has 3 N–H and O–H groups in total. The topological polar surface area (TPSA) is 142 Å². The van der Waals surface area contributed by atoms with Crippen LogP contribution in [0, 0.1) is 0 Å². The van der Waals surface area contributed by atoms with Gasteiger partial charge in [-0.3, -0.25) is 14.5 Å². The standard InChI is InChI=1S/C37H35N5O6S2/c1-47-41-29(32(43)39-30-33(44)42-31(35(45)46)26(21-49-34(30)42)28-19-11-12-20-48-28)27-22-50-36(38-27)40-37(23-13-5-2-6-14-23,24-15-7-3-8-16-24)25-17-9-4-10-18-25/h2-10,13-18,22,28,30,34H,11-12,19-21H2,1H3,(H,38,40)(H,39,43)(H,45,46)/b41-29-/t28?,30-,34-/m1/s1. The molecule has 3 atom stereocenters. The molecule has 13 heteroatoms. The Balaban J connectivity index is 1.15. The van der Waals surface area contributed by atoms with Crippen LogP contribution in [0.25, 0.3) is 0 Å². The molecule has 0 bridgehead atoms. The van der Waals surface area contributed by atoms with Crippen molar-refractivity contribution in [1.82, 2.24) is 15.2 Å². The third kappa shape index (κ3) is 6.16. The Hall–Kier alpha value is -4.98. The fourth-order valence-corrected chi connectivity index (χ4v) is 8.95. The number of fused-ring (bicyclic) bond motifs is 1. The van der Waals surface area contributed by atoms with Crippen LogP contribution in [-0.2, 0) is 29.5 Å². The average molecular weight is 710 g/mol. The maximum atomic E-state index is 13.7. The number of carbonyl (C=O) groups excluding carboxylic acids is 2. The second-order valence-electron chi connectivity index (χ2n) is 12.0. The van der Waals surface area contributed by atoms with Crippen molar-refractivity contribution in [3.05, 3.63) is 130 Å². The van der Waals surface area contributed by atoms with Crippen molar-refractivity contribution < 1.29 is 29.1 Å². The van der Waals surface area contributed by atoms with E-state index in [0.29, 0.717) is 29.5 Å². The number of carboxylic acids is 1. The molecule has 2 amide bonds. The molecule has 3 aliphatic rings. The minimum atomic E-state index is -1.18. The van der Waals surface area contributed by atoms with Crippen molar-refractivity contribution in [1.29, 1.82) is 0 Å². The number of aromatic nitrogens is 1. The Morgan fingerprint density at radius 3 is 2.14 bits per heavy atom. The number of nitrogens with one attached hydrogen (secondary N) is 2. The van der Waals surface area contributed by atoms with Gasteiger partial charge in [-0.15, -0.1) is 23.1 Å². The van der Waals surface area contributed by atoms with Crippen LogP contribution in [0.5, 0.6) is 0 Å². The Morgan fingerprint density at radius 1 is 0.980 bits per heavy atom. The smallest absolute Gasteiger partial charge is 0.352 e. The van der Waals surface area contributed by atoms with E-state index in [-0.39, 0.29) is 23.2 Å². The molecule has 50 heavy (non-hydrogen) atoms. The zero-order chi connectivity index (χ0) is 34.7. The van der Waals surface area contributed by atoms with Crippen LogP contribution in [0.3, 0.4) is 0 Å². The highest BCUT2D eigenvalue weighted by Gasteiger charge is 2.55. The summed E-state index contributed by atoms with van der Waals surface area (Å²) in [4.78, 5) is 50.7. The summed E-state index contributed by atoms with van der Waals surface area (Å²) in [5, 5.41) is 22.2. The fraction of sp³-hybridized carbons (Fsp3) is 0.270. The van der Waals surface area contributed by atoms with E-state index in [4.69, 9.17) is 14.6 Å². The number of hydrogen-bond acceptors (Lipinski definition) is 10. The largest absolute Gasteiger partial charge is 0.477 e. The van der Waals surface area contributed by atoms with E-state index in [1.54, 1.807) is 5.38 Å². The summed E-state index contributed by atoms with van der Waals surface area (Å²) in [7, 11) is 1.33. The number of thioether (sulfide) groups is 1. The predicted octanol–water partition coefficient (Wildman–Crippen LogP) is 5.21. The van der Waals surface area contributed by atoms with Gasteiger partial charge in [-0.1, -0.05) is 96.2 Å². The van der Waals surface area contributed by atoms with E-state index < -0.39 is 34.7 Å². The molecule has 1 aromatic heterocycles. The highest BCUT2D eigenvalue weighted by molar-refractivity contribution is 8.00. The first kappa shape index (κ1) is 33.5. The van der Waals surface area contributed by atoms with Gasteiger partial charge in [0.25, 0.3) is 11.8 Å². The maximum Gasteiger partial charge on any atom is 0.352 e. The van der Waals surface area contributed by atoms with Gasteiger partial charge in [-0.25, -0.2) is 9.78 Å². The number of hydrogen-bond donors (Lipinski definition) is 3. The van der Waals surface area contributed by atoms with E-state index in [2.05, 4.69) is 52.2 Å². The number of carbonyl (C=O) groups is 3. The number of β-lactam (4-membered cyclic amide) rings is 1. The molecule has 3 aromatic carbocycles. The van der Waals surface area contributed by atoms with Gasteiger partial charge in [0.15, 0.2) is 10.8 Å². The van der Waals surface area contributed by atoms with Gasteiger partial charge in [-0.05, 0) is 41.5 Å². The quantitative estimate of drug-likeness (QED) is 0.0829. The third-order valence-electron chi connectivity index (χ3n) is 9.11. The second-order valence-corrected chi connectivity index (χ2v) is 14.0. The first-order valence-corrected chi connectivity index (χ1v) is 18.2. The fourth-order valence-electron chi connectivity index (χ4n) is 6.79. The Bertz CT molecular complexity index is 1830. The highest BCUT2D eigenvalue weighted by Crippen LogP contribution is 2.43. The summed E-state index contributed by atoms with van der Waals surface area (Å²) in [5.74, 6) is -1.96. The normalized spacial score (nSPS) is 20.8. The number of thiazole rings is 1. The molecule has 0 spiro atoms. The summed E-state index contributed by atoms with van der Waals surface area (Å²) in [6, 6.07) is 29.3. The molecule has 4 aromatic rings. The molecule has 1 unspecified atom stereocenters. The second kappa shape index (κ2) is 14.5. The number of carboxylic acid groups (broad SMARTS) is 1. The van der Waals surface area contributed by atoms with E-state index in [1.165, 1.54) is 35.1 Å². The number of rotatable bonds is 11. The average Bonchev–Trinajstić information content (AvgIpc) is 3.63. The van der Waals surface area contributed by atoms with Crippen LogP contribution in [0.4, 0.5) is 5.13 Å². The lowest BCUT2D eigenvalue weighted by molar-refractivity contribution is -0.150. The monoisotopic (exact) mass is 709 g/mol. The van der Waals surface area contributed by atoms with Crippen LogP contribution in [0.1, 0.15) is 41.6 Å². The molecular weight excluding hydrogens is 675 g/mol. The summed E-state index contributed by atoms with van der Waals surface area (Å²) in [6.07, 6.45) is 2.24. The van der Waals surface area contributed by atoms with Gasteiger partial charge in [0, 0.05) is 17.7 Å². The number of ether oxygens (including phenoxy) is 1. The summed E-state index contributed by atoms with van der Waals surface area (Å²) in [5.41, 5.74) is 2.84. The van der Waals surface area contributed by atoms with Crippen molar-refractivity contribution in [2.24, 2.45) is 5.16 Å². The number of oxime groups is 1. The number of amides is 2. The zero-order valence-corrected chi connectivity index (χ0v) is 28.8. The molecule has 4 heterocycles. The minimum Gasteiger partial charge on any atom is -0.477 e. The van der Waals surface area contributed by atoms with Crippen LogP contribution in [0.15, 0.2) is 113 Å². The molecule has 11 nitrogen and oxygen atoms in total. The molecule has 0 radical (unpaired) electrons. The summed E-state index contributed by atoms with van der Waals surface area (Å²) >= 11 is 2.71. The van der Waals surface area contributed by atoms with Crippen LogP contribution >= 0.6 is 23.1 Å². The van der Waals surface area contributed by atoms with E-state index in [1.807, 2.05) is 54.6 Å². The first-order valence-electron chi connectivity index (χ1n) is 16.3. The molecule has 2 fully saturated rings. The Morgan fingerprint density at radius 2 is 1.60 bits per heavy atom. The number of benzene rings is 3. The van der Waals surface area contributed by atoms with Crippen molar-refractivity contribution in [3.8, 4) is 0 Å². The number of nitrogens with zero attached hydrogens (tertiary/aromatic N) is 3. The van der Waals surface area contributed by atoms with Gasteiger partial charge in [0.2, 0.25) is 0 Å². The maximum absolute atomic E-state index is 13.7. The van der Waals surface area contributed by atoms with Crippen LogP contribution in [0.2, 0.25) is 0 Å². The van der Waals surface area contributed by atoms with E-state index in [0.717, 1.165) is 29.5 Å². The zero-order valence-electron chi connectivity index (χ0n) is 27.2. The predicted molar refractivity (Wildman–Crippen MR) is 192 cm³/mol. The third-order valence-corrected chi connectivity index (χ3v) is 11.2. The molecule has 2 saturated heterocycles. The van der Waals surface area contributed by atoms with Crippen LogP contribution in [-0.4, -0.2) is 75.5 Å². The van der Waals surface area contributed by atoms with Crippen LogP contribution < -0.4 is 10.6 Å². The molecular formula is C37H35N5O6S2. The van der Waals surface area contributed by atoms with Crippen molar-refractivity contribution in [3.63, 3.8) is 0 Å². The van der Waals surface area contributed by atoms with E-state index in [9.17, 15) is 19.5 Å². The Kier molecular flexibility index (Phi) is 9.70. The van der Waals surface area contributed by atoms with E-state index >= 15 is 0 Å². The van der Waals surface area contributed by atoms with Crippen molar-refractivity contribution in [2.75, 3.05) is 24.8 Å². The number of aliphatic carboxylic acids is 1. The SMILES string of the molecule is CO/N=C(\C(=O)N[C@@H]1C(=O)N2C(C(=O)O)=C(C3CCCCO3)CS[C@H]12)c1csc(NC(c2ccccc2)(c2ccccc2)c2ccccc2)n1. The Labute approximate surface area is 297 Å². The highest BCUT2D eigenvalue weighted by atomic mass is 32.2. The van der Waals surface area contributed by atoms with Gasteiger partial charge in [-0.2, -0.15) is 0 Å². The first-order chi connectivity index (χ1) is 24.4. The minimum absolute atomic E-state index is 0.0455. The van der Waals surface area contributed by atoms with Gasteiger partial charge in [0.1, 0.15) is 35.5 Å². The summed E-state index contributed by atoms with van der Waals surface area (Å²) in [6.45, 7) is 0.559. The molecule has 256 valence electrons. The van der Waals surface area contributed by atoms with Crippen molar-refractivity contribution >= 4 is 51.7 Å². The molecule has 0 aliphatic carbocycles. The molecule has 3 aliphatic heterocycles. The lowest BCUT2D eigenvalue weighted by Crippen LogP contribution is -2.71. The molecule has 0 saturated carbocycles. The lowest BCUT2D eigenvalue weighted by Gasteiger charge is -2.50. The lowest BCUT2D eigenvalue weighted by atomic mass is 9.77.